The average Bonchev–Trinajstić information content (AvgIpc) is 2.43. The van der Waals surface area contributed by atoms with Gasteiger partial charge in [-0.2, -0.15) is 0 Å². The second-order valence-electron chi connectivity index (χ2n) is 5.61. The van der Waals surface area contributed by atoms with E-state index in [-0.39, 0.29) is 0 Å². The van der Waals surface area contributed by atoms with Crippen LogP contribution in [0.25, 0.3) is 0 Å². The molecule has 106 valence electrons. The molecule has 19 heavy (non-hydrogen) atoms. The van der Waals surface area contributed by atoms with Crippen LogP contribution in [0.4, 0.5) is 11.4 Å². The maximum atomic E-state index is 5.83. The molecule has 3 nitrogen and oxygen atoms in total. The largest absolute Gasteiger partial charge is 0.495 e. The third-order valence-electron chi connectivity index (χ3n) is 4.15. The van der Waals surface area contributed by atoms with Gasteiger partial charge in [-0.25, -0.2) is 0 Å². The molecule has 0 radical (unpaired) electrons. The summed E-state index contributed by atoms with van der Waals surface area (Å²) in [5.74, 6) is 1.70. The van der Waals surface area contributed by atoms with Gasteiger partial charge < -0.3 is 15.8 Å². The highest BCUT2D eigenvalue weighted by molar-refractivity contribution is 5.61. The highest BCUT2D eigenvalue weighted by Gasteiger charge is 2.20. The Kier molecular flexibility index (Phi) is 4.94. The van der Waals surface area contributed by atoms with Gasteiger partial charge in [-0.15, -0.1) is 0 Å². The highest BCUT2D eigenvalue weighted by Crippen LogP contribution is 2.31. The summed E-state index contributed by atoms with van der Waals surface area (Å²) >= 11 is 0. The van der Waals surface area contributed by atoms with E-state index in [0.717, 1.165) is 17.4 Å². The molecule has 1 saturated carbocycles. The second-order valence-corrected chi connectivity index (χ2v) is 5.61. The van der Waals surface area contributed by atoms with E-state index in [1.54, 1.807) is 7.11 Å². The first-order chi connectivity index (χ1) is 9.22. The number of ether oxygens (including phenoxy) is 1. The summed E-state index contributed by atoms with van der Waals surface area (Å²) in [7, 11) is 1.66. The second kappa shape index (κ2) is 6.69. The van der Waals surface area contributed by atoms with Gasteiger partial charge in [0.05, 0.1) is 12.8 Å². The molecule has 0 amide bonds. The van der Waals surface area contributed by atoms with Crippen LogP contribution in [-0.2, 0) is 0 Å². The Balaban J connectivity index is 1.88. The predicted molar refractivity (Wildman–Crippen MR) is 81.7 cm³/mol. The van der Waals surface area contributed by atoms with Crippen LogP contribution in [0.3, 0.4) is 0 Å². The standard InChI is InChI=1S/C16H26N2O/c1-3-4-12-5-7-13(8-6-12)18-14-9-10-15(17)16(11-14)19-2/h9-13,18H,3-8,17H2,1-2H3. The molecule has 1 aliphatic carbocycles. The lowest BCUT2D eigenvalue weighted by Gasteiger charge is -2.29. The number of nitrogens with two attached hydrogens (primary N) is 1. The van der Waals surface area contributed by atoms with Crippen molar-refractivity contribution >= 4 is 11.4 Å². The molecule has 1 aromatic carbocycles. The van der Waals surface area contributed by atoms with Crippen molar-refractivity contribution in [2.75, 3.05) is 18.2 Å². The van der Waals surface area contributed by atoms with Crippen LogP contribution >= 0.6 is 0 Å². The maximum Gasteiger partial charge on any atom is 0.143 e. The summed E-state index contributed by atoms with van der Waals surface area (Å²) < 4.78 is 5.26. The normalized spacial score (nSPS) is 23.1. The van der Waals surface area contributed by atoms with Gasteiger partial charge in [0.25, 0.3) is 0 Å². The van der Waals surface area contributed by atoms with Crippen LogP contribution in [-0.4, -0.2) is 13.2 Å². The van der Waals surface area contributed by atoms with Gasteiger partial charge in [0.2, 0.25) is 0 Å². The van der Waals surface area contributed by atoms with Gasteiger partial charge in [0, 0.05) is 17.8 Å². The molecular weight excluding hydrogens is 236 g/mol. The third kappa shape index (κ3) is 3.79. The van der Waals surface area contributed by atoms with Crippen LogP contribution in [0.2, 0.25) is 0 Å². The molecule has 2 rings (SSSR count). The minimum absolute atomic E-state index is 0.599. The van der Waals surface area contributed by atoms with Crippen LogP contribution in [0.15, 0.2) is 18.2 Å². The van der Waals surface area contributed by atoms with Crippen molar-refractivity contribution in [2.24, 2.45) is 5.92 Å². The van der Waals surface area contributed by atoms with Crippen LogP contribution < -0.4 is 15.8 Å². The van der Waals surface area contributed by atoms with Crippen molar-refractivity contribution in [3.05, 3.63) is 18.2 Å². The Hall–Kier alpha value is -1.38. The zero-order valence-electron chi connectivity index (χ0n) is 12.1. The van der Waals surface area contributed by atoms with Crippen molar-refractivity contribution < 1.29 is 4.74 Å². The maximum absolute atomic E-state index is 5.83. The molecular formula is C16H26N2O. The SMILES string of the molecule is CCCC1CCC(Nc2ccc(N)c(OC)c2)CC1. The Morgan fingerprint density at radius 2 is 2.00 bits per heavy atom. The highest BCUT2D eigenvalue weighted by atomic mass is 16.5. The van der Waals surface area contributed by atoms with Gasteiger partial charge in [-0.1, -0.05) is 19.8 Å². The van der Waals surface area contributed by atoms with Gasteiger partial charge in [-0.05, 0) is 43.7 Å². The molecule has 0 atom stereocenters. The molecule has 0 bridgehead atoms. The van der Waals surface area contributed by atoms with Crippen molar-refractivity contribution in [1.29, 1.82) is 0 Å². The van der Waals surface area contributed by atoms with Crippen molar-refractivity contribution in [3.63, 3.8) is 0 Å². The fourth-order valence-corrected chi connectivity index (χ4v) is 3.04. The number of benzene rings is 1. The topological polar surface area (TPSA) is 47.3 Å². The van der Waals surface area contributed by atoms with Crippen molar-refractivity contribution in [1.82, 2.24) is 0 Å². The molecule has 0 aromatic heterocycles. The molecule has 0 heterocycles. The molecule has 0 saturated heterocycles. The number of hydrogen-bond donors (Lipinski definition) is 2. The van der Waals surface area contributed by atoms with E-state index >= 15 is 0 Å². The lowest BCUT2D eigenvalue weighted by atomic mass is 9.83. The summed E-state index contributed by atoms with van der Waals surface area (Å²) in [5.41, 5.74) is 7.64. The Bertz CT molecular complexity index is 398. The molecule has 3 heteroatoms. The van der Waals surface area contributed by atoms with Gasteiger partial charge in [0.15, 0.2) is 0 Å². The molecule has 1 fully saturated rings. The molecule has 0 spiro atoms. The summed E-state index contributed by atoms with van der Waals surface area (Å²) in [6.07, 6.45) is 7.98. The minimum Gasteiger partial charge on any atom is -0.495 e. The van der Waals surface area contributed by atoms with E-state index in [2.05, 4.69) is 12.2 Å². The summed E-state index contributed by atoms with van der Waals surface area (Å²) in [6.45, 7) is 2.28. The van der Waals surface area contributed by atoms with Crippen LogP contribution in [0, 0.1) is 5.92 Å². The summed E-state index contributed by atoms with van der Waals surface area (Å²) in [5, 5.41) is 3.61. The zero-order valence-corrected chi connectivity index (χ0v) is 12.1. The first-order valence-corrected chi connectivity index (χ1v) is 7.43. The smallest absolute Gasteiger partial charge is 0.143 e. The van der Waals surface area contributed by atoms with Gasteiger partial charge in [-0.3, -0.25) is 0 Å². The Morgan fingerprint density at radius 1 is 1.26 bits per heavy atom. The monoisotopic (exact) mass is 262 g/mol. The first-order valence-electron chi connectivity index (χ1n) is 7.43. The van der Waals surface area contributed by atoms with Gasteiger partial charge >= 0.3 is 0 Å². The van der Waals surface area contributed by atoms with E-state index < -0.39 is 0 Å². The van der Waals surface area contributed by atoms with E-state index in [1.165, 1.54) is 38.5 Å². The number of rotatable bonds is 5. The van der Waals surface area contributed by atoms with Crippen molar-refractivity contribution in [2.45, 2.75) is 51.5 Å². The molecule has 0 unspecified atom stereocenters. The lowest BCUT2D eigenvalue weighted by Crippen LogP contribution is -2.26. The van der Waals surface area contributed by atoms with Crippen molar-refractivity contribution in [3.8, 4) is 5.75 Å². The summed E-state index contributed by atoms with van der Waals surface area (Å²) in [6, 6.07) is 6.54. The molecule has 1 aromatic rings. The molecule has 1 aliphatic rings. The Morgan fingerprint density at radius 3 is 2.63 bits per heavy atom. The lowest BCUT2D eigenvalue weighted by molar-refractivity contribution is 0.319. The van der Waals surface area contributed by atoms with E-state index in [1.807, 2.05) is 18.2 Å². The number of methoxy groups -OCH3 is 1. The summed E-state index contributed by atoms with van der Waals surface area (Å²) in [4.78, 5) is 0. The number of nitrogen functional groups attached to an aromatic ring is 1. The molecule has 3 N–H and O–H groups in total. The average molecular weight is 262 g/mol. The number of nitrogens with one attached hydrogen (secondary N) is 1. The van der Waals surface area contributed by atoms with E-state index in [0.29, 0.717) is 11.7 Å². The first kappa shape index (κ1) is 14.0. The quantitative estimate of drug-likeness (QED) is 0.787. The molecule has 0 aliphatic heterocycles. The van der Waals surface area contributed by atoms with Crippen LogP contribution in [0.5, 0.6) is 5.75 Å². The predicted octanol–water partition coefficient (Wildman–Crippen LogP) is 4.05. The van der Waals surface area contributed by atoms with E-state index in [9.17, 15) is 0 Å². The number of hydrogen-bond acceptors (Lipinski definition) is 3. The number of anilines is 2. The fraction of sp³-hybridized carbons (Fsp3) is 0.625. The third-order valence-corrected chi connectivity index (χ3v) is 4.15. The fourth-order valence-electron chi connectivity index (χ4n) is 3.04. The minimum atomic E-state index is 0.599. The zero-order chi connectivity index (χ0) is 13.7. The van der Waals surface area contributed by atoms with Crippen LogP contribution in [0.1, 0.15) is 45.4 Å². The Labute approximate surface area is 116 Å². The van der Waals surface area contributed by atoms with Gasteiger partial charge in [0.1, 0.15) is 5.75 Å². The van der Waals surface area contributed by atoms with E-state index in [4.69, 9.17) is 10.5 Å².